The maximum Gasteiger partial charge on any atom is 0.137 e. The second-order valence-electron chi connectivity index (χ2n) is 5.48. The first-order valence-corrected chi connectivity index (χ1v) is 7.08. The van der Waals surface area contributed by atoms with E-state index in [4.69, 9.17) is 5.73 Å². The third kappa shape index (κ3) is 2.97. The van der Waals surface area contributed by atoms with E-state index in [1.165, 1.54) is 0 Å². The van der Waals surface area contributed by atoms with Gasteiger partial charge in [0, 0.05) is 24.7 Å². The molecule has 2 N–H and O–H groups in total. The summed E-state index contributed by atoms with van der Waals surface area (Å²) in [6.07, 6.45) is 2.28. The number of hydrogen-bond acceptors (Lipinski definition) is 5. The van der Waals surface area contributed by atoms with Crippen LogP contribution in [0.4, 0.5) is 11.6 Å². The fraction of sp³-hybridized carbons (Fsp3) is 0.714. The molecule has 1 unspecified atom stereocenters. The van der Waals surface area contributed by atoms with Gasteiger partial charge in [0.05, 0.1) is 0 Å². The smallest absolute Gasteiger partial charge is 0.137 e. The first kappa shape index (κ1) is 14.1. The van der Waals surface area contributed by atoms with Gasteiger partial charge in [0.25, 0.3) is 0 Å². The molecule has 0 aromatic carbocycles. The van der Waals surface area contributed by atoms with Crippen LogP contribution in [-0.2, 0) is 0 Å². The van der Waals surface area contributed by atoms with Crippen molar-refractivity contribution in [1.82, 2.24) is 14.9 Å². The lowest BCUT2D eigenvalue weighted by molar-refractivity contribution is 0.327. The SMILES string of the molecule is CCC1CN(C)CCCN1c1nc(C)nc(N)c1C. The first-order valence-electron chi connectivity index (χ1n) is 7.08. The van der Waals surface area contributed by atoms with E-state index in [0.717, 1.165) is 49.7 Å². The van der Waals surface area contributed by atoms with Gasteiger partial charge < -0.3 is 15.5 Å². The molecule has 106 valence electrons. The summed E-state index contributed by atoms with van der Waals surface area (Å²) in [5.74, 6) is 2.38. The normalized spacial score (nSPS) is 21.5. The number of nitrogen functional groups attached to an aromatic ring is 1. The fourth-order valence-corrected chi connectivity index (χ4v) is 2.79. The van der Waals surface area contributed by atoms with Gasteiger partial charge in [-0.2, -0.15) is 0 Å². The summed E-state index contributed by atoms with van der Waals surface area (Å²) < 4.78 is 0. The number of aryl methyl sites for hydroxylation is 1. The van der Waals surface area contributed by atoms with E-state index in [1.54, 1.807) is 0 Å². The molecule has 0 aliphatic carbocycles. The minimum atomic E-state index is 0.500. The lowest BCUT2D eigenvalue weighted by Gasteiger charge is -2.32. The maximum absolute atomic E-state index is 5.99. The Balaban J connectivity index is 2.37. The molecule has 2 heterocycles. The molecule has 1 aromatic heterocycles. The van der Waals surface area contributed by atoms with Gasteiger partial charge in [0.2, 0.25) is 0 Å². The van der Waals surface area contributed by atoms with Crippen LogP contribution in [-0.4, -0.2) is 47.6 Å². The molecular formula is C14H25N5. The van der Waals surface area contributed by atoms with Gasteiger partial charge in [-0.3, -0.25) is 0 Å². The van der Waals surface area contributed by atoms with Gasteiger partial charge in [-0.25, -0.2) is 9.97 Å². The summed E-state index contributed by atoms with van der Waals surface area (Å²) in [4.78, 5) is 13.7. The Hall–Kier alpha value is -1.36. The summed E-state index contributed by atoms with van der Waals surface area (Å²) in [5.41, 5.74) is 7.00. The molecule has 5 heteroatoms. The number of anilines is 2. The second-order valence-corrected chi connectivity index (χ2v) is 5.48. The van der Waals surface area contributed by atoms with Crippen molar-refractivity contribution in [3.05, 3.63) is 11.4 Å². The highest BCUT2D eigenvalue weighted by molar-refractivity contribution is 5.57. The third-order valence-electron chi connectivity index (χ3n) is 3.91. The molecule has 1 aliphatic heterocycles. The highest BCUT2D eigenvalue weighted by Crippen LogP contribution is 2.26. The fourth-order valence-electron chi connectivity index (χ4n) is 2.79. The average molecular weight is 263 g/mol. The van der Waals surface area contributed by atoms with Crippen LogP contribution in [0.3, 0.4) is 0 Å². The standard InChI is InChI=1S/C14H25N5/c1-5-12-9-18(4)7-6-8-19(12)14-10(2)13(15)16-11(3)17-14/h12H,5-9H2,1-4H3,(H2,15,16,17). The molecule has 5 nitrogen and oxygen atoms in total. The minimum Gasteiger partial charge on any atom is -0.383 e. The third-order valence-corrected chi connectivity index (χ3v) is 3.91. The predicted octanol–water partition coefficient (Wildman–Crippen LogP) is 1.60. The molecular weight excluding hydrogens is 238 g/mol. The highest BCUT2D eigenvalue weighted by Gasteiger charge is 2.25. The Kier molecular flexibility index (Phi) is 4.24. The van der Waals surface area contributed by atoms with Crippen LogP contribution in [0.5, 0.6) is 0 Å². The largest absolute Gasteiger partial charge is 0.383 e. The van der Waals surface area contributed by atoms with Crippen molar-refractivity contribution in [2.24, 2.45) is 0 Å². The molecule has 1 fully saturated rings. The van der Waals surface area contributed by atoms with Crippen molar-refractivity contribution in [3.8, 4) is 0 Å². The van der Waals surface area contributed by atoms with E-state index < -0.39 is 0 Å². The van der Waals surface area contributed by atoms with Crippen LogP contribution >= 0.6 is 0 Å². The molecule has 2 rings (SSSR count). The zero-order valence-corrected chi connectivity index (χ0v) is 12.5. The van der Waals surface area contributed by atoms with Crippen LogP contribution < -0.4 is 10.6 Å². The summed E-state index contributed by atoms with van der Waals surface area (Å²) in [5, 5.41) is 0. The number of rotatable bonds is 2. The molecule has 0 amide bonds. The molecule has 0 saturated carbocycles. The number of hydrogen-bond donors (Lipinski definition) is 1. The summed E-state index contributed by atoms with van der Waals surface area (Å²) >= 11 is 0. The number of aromatic nitrogens is 2. The lowest BCUT2D eigenvalue weighted by atomic mass is 10.1. The van der Waals surface area contributed by atoms with Crippen LogP contribution in [0.1, 0.15) is 31.2 Å². The molecule has 1 aromatic rings. The van der Waals surface area contributed by atoms with Gasteiger partial charge in [0.1, 0.15) is 17.5 Å². The van der Waals surface area contributed by atoms with Crippen LogP contribution in [0.15, 0.2) is 0 Å². The molecule has 1 atom stereocenters. The van der Waals surface area contributed by atoms with Crippen molar-refractivity contribution < 1.29 is 0 Å². The van der Waals surface area contributed by atoms with Crippen molar-refractivity contribution in [2.45, 2.75) is 39.7 Å². The Morgan fingerprint density at radius 3 is 2.68 bits per heavy atom. The van der Waals surface area contributed by atoms with Crippen LogP contribution in [0.25, 0.3) is 0 Å². The maximum atomic E-state index is 5.99. The zero-order chi connectivity index (χ0) is 14.0. The Morgan fingerprint density at radius 2 is 2.00 bits per heavy atom. The van der Waals surface area contributed by atoms with Gasteiger partial charge in [-0.15, -0.1) is 0 Å². The molecule has 1 saturated heterocycles. The summed E-state index contributed by atoms with van der Waals surface area (Å²) in [6, 6.07) is 0.500. The molecule has 0 bridgehead atoms. The lowest BCUT2D eigenvalue weighted by Crippen LogP contribution is -2.40. The van der Waals surface area contributed by atoms with Crippen molar-refractivity contribution in [3.63, 3.8) is 0 Å². The number of nitrogens with two attached hydrogens (primary N) is 1. The molecule has 0 radical (unpaired) electrons. The van der Waals surface area contributed by atoms with Crippen molar-refractivity contribution in [2.75, 3.05) is 37.3 Å². The summed E-state index contributed by atoms with van der Waals surface area (Å²) in [7, 11) is 2.19. The molecule has 19 heavy (non-hydrogen) atoms. The van der Waals surface area contributed by atoms with Crippen LogP contribution in [0, 0.1) is 13.8 Å². The average Bonchev–Trinajstić information content (AvgIpc) is 2.55. The quantitative estimate of drug-likeness (QED) is 0.878. The predicted molar refractivity (Wildman–Crippen MR) is 79.5 cm³/mol. The van der Waals surface area contributed by atoms with E-state index in [-0.39, 0.29) is 0 Å². The van der Waals surface area contributed by atoms with Gasteiger partial charge >= 0.3 is 0 Å². The van der Waals surface area contributed by atoms with E-state index in [0.29, 0.717) is 11.9 Å². The molecule has 0 spiro atoms. The van der Waals surface area contributed by atoms with Gasteiger partial charge in [-0.05, 0) is 40.3 Å². The van der Waals surface area contributed by atoms with Crippen molar-refractivity contribution >= 4 is 11.6 Å². The first-order chi connectivity index (χ1) is 9.02. The van der Waals surface area contributed by atoms with Gasteiger partial charge in [-0.1, -0.05) is 6.92 Å². The zero-order valence-electron chi connectivity index (χ0n) is 12.5. The topological polar surface area (TPSA) is 58.3 Å². The van der Waals surface area contributed by atoms with Crippen LogP contribution in [0.2, 0.25) is 0 Å². The molecule has 1 aliphatic rings. The van der Waals surface area contributed by atoms with E-state index >= 15 is 0 Å². The Bertz CT molecular complexity index is 446. The van der Waals surface area contributed by atoms with E-state index in [9.17, 15) is 0 Å². The number of likely N-dealkylation sites (N-methyl/N-ethyl adjacent to an activating group) is 1. The van der Waals surface area contributed by atoms with E-state index in [1.807, 2.05) is 13.8 Å². The summed E-state index contributed by atoms with van der Waals surface area (Å²) in [6.45, 7) is 9.43. The Labute approximate surface area is 115 Å². The number of nitrogens with zero attached hydrogens (tertiary/aromatic N) is 4. The minimum absolute atomic E-state index is 0.500. The monoisotopic (exact) mass is 263 g/mol. The van der Waals surface area contributed by atoms with Gasteiger partial charge in [0.15, 0.2) is 0 Å². The van der Waals surface area contributed by atoms with E-state index in [2.05, 4.69) is 33.7 Å². The Morgan fingerprint density at radius 1 is 1.26 bits per heavy atom. The van der Waals surface area contributed by atoms with Crippen molar-refractivity contribution in [1.29, 1.82) is 0 Å². The highest BCUT2D eigenvalue weighted by atomic mass is 15.3. The second kappa shape index (κ2) is 5.74.